The van der Waals surface area contributed by atoms with E-state index in [2.05, 4.69) is 26.8 Å². The van der Waals surface area contributed by atoms with E-state index in [0.29, 0.717) is 23.8 Å². The van der Waals surface area contributed by atoms with Gasteiger partial charge in [0.15, 0.2) is 5.82 Å². The van der Waals surface area contributed by atoms with Crippen LogP contribution < -0.4 is 10.2 Å². The summed E-state index contributed by atoms with van der Waals surface area (Å²) in [6, 6.07) is 4.19. The molecule has 1 aliphatic heterocycles. The number of nitrogens with one attached hydrogen (secondary N) is 1. The topological polar surface area (TPSA) is 58.1 Å². The zero-order chi connectivity index (χ0) is 16.0. The molecule has 1 N–H and O–H groups in total. The van der Waals surface area contributed by atoms with Crippen LogP contribution in [-0.4, -0.2) is 21.9 Å². The van der Waals surface area contributed by atoms with Crippen molar-refractivity contribution in [1.29, 1.82) is 0 Å². The highest BCUT2D eigenvalue weighted by atomic mass is 16.1. The summed E-state index contributed by atoms with van der Waals surface area (Å²) in [6.45, 7) is 5.74. The van der Waals surface area contributed by atoms with Crippen molar-refractivity contribution >= 4 is 23.2 Å². The standard InChI is InChI=1S/C18H18N4O/c1-3-4-12-9-14-16(20-10-12)22(13-5-6-13)17-15(21-18(14)23)11(2)7-8-19-17/h3,7-10,13H,1,4-6H2,2H3,(H,21,23). The second kappa shape index (κ2) is 5.19. The lowest BCUT2D eigenvalue weighted by atomic mass is 10.1. The number of hydrogen-bond acceptors (Lipinski definition) is 4. The number of hydrogen-bond donors (Lipinski definition) is 1. The van der Waals surface area contributed by atoms with Gasteiger partial charge in [-0.25, -0.2) is 9.97 Å². The fraction of sp³-hybridized carbons (Fsp3) is 0.278. The van der Waals surface area contributed by atoms with Crippen molar-refractivity contribution in [3.63, 3.8) is 0 Å². The molecule has 1 fully saturated rings. The Hall–Kier alpha value is -2.69. The Morgan fingerprint density at radius 3 is 2.96 bits per heavy atom. The number of amides is 1. The molecule has 0 unspecified atom stereocenters. The number of anilines is 3. The van der Waals surface area contributed by atoms with E-state index in [-0.39, 0.29) is 5.91 Å². The van der Waals surface area contributed by atoms with Gasteiger partial charge in [-0.05, 0) is 49.4 Å². The number of aryl methyl sites for hydroxylation is 1. The van der Waals surface area contributed by atoms with Crippen molar-refractivity contribution in [3.05, 3.63) is 53.9 Å². The highest BCUT2D eigenvalue weighted by molar-refractivity contribution is 6.12. The Morgan fingerprint density at radius 2 is 2.22 bits per heavy atom. The molecule has 1 saturated carbocycles. The van der Waals surface area contributed by atoms with Crippen LogP contribution in [0.25, 0.3) is 0 Å². The summed E-state index contributed by atoms with van der Waals surface area (Å²) in [5.41, 5.74) is 3.38. The molecule has 1 amide bonds. The molecule has 5 heteroatoms. The lowest BCUT2D eigenvalue weighted by Crippen LogP contribution is -2.23. The third-order valence-corrected chi connectivity index (χ3v) is 4.29. The molecule has 0 saturated heterocycles. The number of allylic oxidation sites excluding steroid dienone is 1. The fourth-order valence-electron chi connectivity index (χ4n) is 2.98. The molecule has 4 rings (SSSR count). The molecule has 1 aliphatic carbocycles. The maximum absolute atomic E-state index is 12.7. The molecule has 0 radical (unpaired) electrons. The minimum absolute atomic E-state index is 0.126. The van der Waals surface area contributed by atoms with E-state index >= 15 is 0 Å². The summed E-state index contributed by atoms with van der Waals surface area (Å²) >= 11 is 0. The first-order chi connectivity index (χ1) is 11.2. The van der Waals surface area contributed by atoms with E-state index in [4.69, 9.17) is 0 Å². The van der Waals surface area contributed by atoms with E-state index in [1.807, 2.05) is 31.3 Å². The number of carbonyl (C=O) groups excluding carboxylic acids is 1. The molecule has 116 valence electrons. The normalized spacial score (nSPS) is 16.2. The predicted molar refractivity (Wildman–Crippen MR) is 90.2 cm³/mol. The van der Waals surface area contributed by atoms with Crippen LogP contribution in [-0.2, 0) is 6.42 Å². The van der Waals surface area contributed by atoms with E-state index in [0.717, 1.165) is 35.5 Å². The third-order valence-electron chi connectivity index (χ3n) is 4.29. The van der Waals surface area contributed by atoms with Crippen molar-refractivity contribution in [1.82, 2.24) is 9.97 Å². The van der Waals surface area contributed by atoms with Crippen LogP contribution in [0.5, 0.6) is 0 Å². The zero-order valence-electron chi connectivity index (χ0n) is 13.0. The lowest BCUT2D eigenvalue weighted by Gasteiger charge is -2.24. The van der Waals surface area contributed by atoms with E-state index < -0.39 is 0 Å². The molecular formula is C18H18N4O. The number of fused-ring (bicyclic) bond motifs is 2. The second-order valence-electron chi connectivity index (χ2n) is 6.09. The summed E-state index contributed by atoms with van der Waals surface area (Å²) in [5, 5.41) is 3.02. The summed E-state index contributed by atoms with van der Waals surface area (Å²) < 4.78 is 0. The van der Waals surface area contributed by atoms with Gasteiger partial charge >= 0.3 is 0 Å². The predicted octanol–water partition coefficient (Wildman–Crippen LogP) is 3.38. The van der Waals surface area contributed by atoms with E-state index in [9.17, 15) is 4.79 Å². The van der Waals surface area contributed by atoms with E-state index in [1.165, 1.54) is 0 Å². The van der Waals surface area contributed by atoms with Crippen LogP contribution in [0.3, 0.4) is 0 Å². The van der Waals surface area contributed by atoms with Crippen LogP contribution in [0.4, 0.5) is 17.3 Å². The SMILES string of the molecule is C=CCc1cnc2c(c1)C(=O)Nc1c(C)ccnc1N2C1CC1. The summed E-state index contributed by atoms with van der Waals surface area (Å²) in [7, 11) is 0. The maximum atomic E-state index is 12.7. The maximum Gasteiger partial charge on any atom is 0.259 e. The minimum Gasteiger partial charge on any atom is -0.318 e. The van der Waals surface area contributed by atoms with Gasteiger partial charge in [0.2, 0.25) is 0 Å². The average Bonchev–Trinajstić information content (AvgIpc) is 3.36. The van der Waals surface area contributed by atoms with Crippen LogP contribution >= 0.6 is 0 Å². The van der Waals surface area contributed by atoms with Crippen LogP contribution in [0.1, 0.15) is 34.3 Å². The largest absolute Gasteiger partial charge is 0.318 e. The quantitative estimate of drug-likeness (QED) is 0.883. The molecule has 2 aliphatic rings. The number of rotatable bonds is 3. The minimum atomic E-state index is -0.126. The van der Waals surface area contributed by atoms with Crippen molar-refractivity contribution in [3.8, 4) is 0 Å². The molecule has 0 atom stereocenters. The van der Waals surface area contributed by atoms with Crippen LogP contribution in [0.2, 0.25) is 0 Å². The van der Waals surface area contributed by atoms with Gasteiger partial charge in [-0.1, -0.05) is 6.08 Å². The molecular weight excluding hydrogens is 288 g/mol. The van der Waals surface area contributed by atoms with Gasteiger partial charge in [-0.15, -0.1) is 6.58 Å². The van der Waals surface area contributed by atoms with Crippen LogP contribution in [0.15, 0.2) is 37.2 Å². The van der Waals surface area contributed by atoms with Gasteiger partial charge in [-0.2, -0.15) is 0 Å². The van der Waals surface area contributed by atoms with E-state index in [1.54, 1.807) is 6.20 Å². The van der Waals surface area contributed by atoms with Gasteiger partial charge in [0.1, 0.15) is 5.82 Å². The Kier molecular flexibility index (Phi) is 3.15. The molecule has 3 heterocycles. The fourth-order valence-corrected chi connectivity index (χ4v) is 2.98. The first-order valence-corrected chi connectivity index (χ1v) is 7.85. The van der Waals surface area contributed by atoms with Crippen molar-refractivity contribution in [2.75, 3.05) is 10.2 Å². The van der Waals surface area contributed by atoms with Gasteiger partial charge in [0.25, 0.3) is 5.91 Å². The second-order valence-corrected chi connectivity index (χ2v) is 6.09. The molecule has 0 aromatic carbocycles. The van der Waals surface area contributed by atoms with Gasteiger partial charge < -0.3 is 10.2 Å². The Morgan fingerprint density at radius 1 is 1.39 bits per heavy atom. The van der Waals surface area contributed by atoms with Crippen molar-refractivity contribution in [2.24, 2.45) is 0 Å². The highest BCUT2D eigenvalue weighted by Crippen LogP contribution is 2.43. The first-order valence-electron chi connectivity index (χ1n) is 7.85. The third kappa shape index (κ3) is 2.29. The Labute approximate surface area is 135 Å². The monoisotopic (exact) mass is 306 g/mol. The molecule has 2 aromatic heterocycles. The summed E-state index contributed by atoms with van der Waals surface area (Å²) in [5.74, 6) is 1.37. The Balaban J connectivity index is 1.92. The zero-order valence-corrected chi connectivity index (χ0v) is 13.0. The smallest absolute Gasteiger partial charge is 0.259 e. The summed E-state index contributed by atoms with van der Waals surface area (Å²) in [6.07, 6.45) is 8.31. The number of nitrogens with zero attached hydrogens (tertiary/aromatic N) is 3. The lowest BCUT2D eigenvalue weighted by molar-refractivity contribution is 0.102. The Bertz CT molecular complexity index is 811. The first kappa shape index (κ1) is 13.9. The number of carbonyl (C=O) groups is 1. The van der Waals surface area contributed by atoms with Gasteiger partial charge in [0, 0.05) is 18.4 Å². The van der Waals surface area contributed by atoms with Crippen molar-refractivity contribution in [2.45, 2.75) is 32.2 Å². The van der Waals surface area contributed by atoms with Gasteiger partial charge in [-0.3, -0.25) is 4.79 Å². The molecule has 2 aromatic rings. The highest BCUT2D eigenvalue weighted by Gasteiger charge is 2.38. The number of aromatic nitrogens is 2. The van der Waals surface area contributed by atoms with Crippen LogP contribution in [0, 0.1) is 6.92 Å². The average molecular weight is 306 g/mol. The molecule has 0 bridgehead atoms. The number of pyridine rings is 2. The molecule has 5 nitrogen and oxygen atoms in total. The van der Waals surface area contributed by atoms with Gasteiger partial charge in [0.05, 0.1) is 11.3 Å². The molecule has 0 spiro atoms. The molecule has 23 heavy (non-hydrogen) atoms. The summed E-state index contributed by atoms with van der Waals surface area (Å²) in [4.78, 5) is 24.0. The van der Waals surface area contributed by atoms with Crippen molar-refractivity contribution < 1.29 is 4.79 Å².